The molecular weight excluding hydrogens is 625 g/mol. The summed E-state index contributed by atoms with van der Waals surface area (Å²) < 4.78 is 33.8. The molecule has 0 aromatic heterocycles. The Hall–Kier alpha value is -0.130. The summed E-state index contributed by atoms with van der Waals surface area (Å²) in [6, 6.07) is 0. The molecule has 0 aromatic carbocycles. The van der Waals surface area contributed by atoms with Gasteiger partial charge in [0, 0.05) is 0 Å². The molecule has 0 heterocycles. The Kier molecular flexibility index (Phi) is 42.2. The first-order valence-electron chi connectivity index (χ1n) is 22.7. The van der Waals surface area contributed by atoms with Gasteiger partial charge in [0.25, 0.3) is 0 Å². The molecule has 296 valence electrons. The number of rotatable bonds is 44. The van der Waals surface area contributed by atoms with Crippen LogP contribution in [0.1, 0.15) is 277 Å². The third-order valence-corrected chi connectivity index (χ3v) is 11.2. The van der Waals surface area contributed by atoms with E-state index >= 15 is 0 Å². The average Bonchev–Trinajstić information content (AvgIpc) is 3.08. The van der Waals surface area contributed by atoms with Crippen molar-refractivity contribution in [1.82, 2.24) is 0 Å². The second-order valence-corrected chi connectivity index (χ2v) is 16.8. The summed E-state index contributed by atoms with van der Waals surface area (Å²) in [5.74, 6) is 0. The molecule has 0 rings (SSSR count). The van der Waals surface area contributed by atoms with Crippen LogP contribution in [0.15, 0.2) is 0 Å². The van der Waals surface area contributed by atoms with Crippen LogP contribution in [0.25, 0.3) is 0 Å². The van der Waals surface area contributed by atoms with Crippen LogP contribution in [0.5, 0.6) is 0 Å². The minimum absolute atomic E-state index is 0.0958. The van der Waals surface area contributed by atoms with Gasteiger partial charge in [-0.1, -0.05) is 270 Å². The summed E-state index contributed by atoms with van der Waals surface area (Å²) in [5, 5.41) is 0. The van der Waals surface area contributed by atoms with Crippen molar-refractivity contribution in [1.29, 1.82) is 0 Å². The molecule has 0 bridgehead atoms. The fraction of sp³-hybridized carbons (Fsp3) is 1.00. The molecule has 0 aliphatic rings. The van der Waals surface area contributed by atoms with Crippen molar-refractivity contribution in [3.8, 4) is 0 Å². The summed E-state index contributed by atoms with van der Waals surface area (Å²) in [6.07, 6.45) is 59.0. The van der Waals surface area contributed by atoms with E-state index in [4.69, 9.17) is 4.55 Å². The van der Waals surface area contributed by atoms with Gasteiger partial charge in [-0.05, 0) is 6.42 Å². The molecule has 0 aliphatic carbocycles. The van der Waals surface area contributed by atoms with E-state index in [1.165, 1.54) is 250 Å². The number of hydrogen-bond donors (Lipinski definition) is 1. The Bertz CT molecular complexity index is 695. The van der Waals surface area contributed by atoms with Gasteiger partial charge in [0.05, 0.1) is 6.61 Å². The Morgan fingerprint density at radius 3 is 0.571 bits per heavy atom. The van der Waals surface area contributed by atoms with Gasteiger partial charge in [-0.25, -0.2) is 4.18 Å². The first-order valence-corrected chi connectivity index (χ1v) is 24.0. The van der Waals surface area contributed by atoms with Crippen LogP contribution in [0.3, 0.4) is 0 Å². The van der Waals surface area contributed by atoms with Crippen molar-refractivity contribution in [3.05, 3.63) is 0 Å². The second kappa shape index (κ2) is 42.3. The van der Waals surface area contributed by atoms with Gasteiger partial charge in [0.2, 0.25) is 0 Å². The Labute approximate surface area is 309 Å². The molecule has 0 spiro atoms. The van der Waals surface area contributed by atoms with Gasteiger partial charge in [0.15, 0.2) is 0 Å². The van der Waals surface area contributed by atoms with E-state index in [1.807, 2.05) is 0 Å². The first-order chi connectivity index (χ1) is 24.1. The monoisotopic (exact) mass is 715 g/mol. The van der Waals surface area contributed by atoms with Gasteiger partial charge in [0.1, 0.15) is 0 Å². The molecule has 0 aromatic rings. The van der Waals surface area contributed by atoms with Crippen LogP contribution in [-0.2, 0) is 14.6 Å². The van der Waals surface area contributed by atoms with Crippen LogP contribution < -0.4 is 0 Å². The molecule has 4 nitrogen and oxygen atoms in total. The molecule has 1 N–H and O–H groups in total. The Morgan fingerprint density at radius 2 is 0.429 bits per heavy atom. The molecular formula is C44H90O4S. The predicted octanol–water partition coefficient (Wildman–Crippen LogP) is 16.2. The van der Waals surface area contributed by atoms with Crippen molar-refractivity contribution >= 4 is 10.4 Å². The van der Waals surface area contributed by atoms with Crippen molar-refractivity contribution < 1.29 is 17.2 Å². The van der Waals surface area contributed by atoms with Crippen LogP contribution in [0.4, 0.5) is 0 Å². The lowest BCUT2D eigenvalue weighted by molar-refractivity contribution is 0.261. The third kappa shape index (κ3) is 47.9. The van der Waals surface area contributed by atoms with Gasteiger partial charge in [-0.15, -0.1) is 0 Å². The molecule has 5 heteroatoms. The van der Waals surface area contributed by atoms with Crippen LogP contribution in [-0.4, -0.2) is 19.6 Å². The van der Waals surface area contributed by atoms with E-state index < -0.39 is 10.4 Å². The fourth-order valence-electron chi connectivity index (χ4n) is 7.41. The zero-order valence-electron chi connectivity index (χ0n) is 33.5. The van der Waals surface area contributed by atoms with Gasteiger partial charge in [-0.2, -0.15) is 8.42 Å². The summed E-state index contributed by atoms with van der Waals surface area (Å²) in [7, 11) is -4.26. The van der Waals surface area contributed by atoms with E-state index in [-0.39, 0.29) is 6.61 Å². The topological polar surface area (TPSA) is 63.6 Å². The minimum atomic E-state index is -4.26. The zero-order chi connectivity index (χ0) is 35.6. The lowest BCUT2D eigenvalue weighted by atomic mass is 10.0. The van der Waals surface area contributed by atoms with Gasteiger partial charge in [-0.3, -0.25) is 4.55 Å². The van der Waals surface area contributed by atoms with Gasteiger partial charge >= 0.3 is 10.4 Å². The lowest BCUT2D eigenvalue weighted by Crippen LogP contribution is -2.04. The molecule has 0 atom stereocenters. The number of unbranched alkanes of at least 4 members (excludes halogenated alkanes) is 41. The highest BCUT2D eigenvalue weighted by molar-refractivity contribution is 7.80. The standard InChI is InChI=1S/C44H90O4S/c1-2-3-4-5-6-7-8-9-10-11-12-13-14-15-16-17-18-19-20-21-22-23-24-25-26-27-28-29-30-31-32-33-34-35-36-37-38-39-40-41-42-43-44-48-49(45,46)47/h2-44H2,1H3,(H,45,46,47). The second-order valence-electron chi connectivity index (χ2n) is 15.7. The predicted molar refractivity (Wildman–Crippen MR) is 217 cm³/mol. The van der Waals surface area contributed by atoms with Crippen molar-refractivity contribution in [2.24, 2.45) is 0 Å². The van der Waals surface area contributed by atoms with E-state index in [0.29, 0.717) is 6.42 Å². The molecule has 49 heavy (non-hydrogen) atoms. The van der Waals surface area contributed by atoms with Crippen molar-refractivity contribution in [2.45, 2.75) is 277 Å². The summed E-state index contributed by atoms with van der Waals surface area (Å²) >= 11 is 0. The number of hydrogen-bond acceptors (Lipinski definition) is 3. The lowest BCUT2D eigenvalue weighted by Gasteiger charge is -2.05. The van der Waals surface area contributed by atoms with E-state index in [2.05, 4.69) is 11.1 Å². The summed E-state index contributed by atoms with van der Waals surface area (Å²) in [6.45, 7) is 2.40. The Morgan fingerprint density at radius 1 is 0.286 bits per heavy atom. The van der Waals surface area contributed by atoms with Crippen molar-refractivity contribution in [3.63, 3.8) is 0 Å². The third-order valence-electron chi connectivity index (χ3n) is 10.7. The van der Waals surface area contributed by atoms with Crippen LogP contribution >= 0.6 is 0 Å². The zero-order valence-corrected chi connectivity index (χ0v) is 34.3. The molecule has 0 unspecified atom stereocenters. The largest absolute Gasteiger partial charge is 0.397 e. The normalized spacial score (nSPS) is 12.0. The summed E-state index contributed by atoms with van der Waals surface area (Å²) in [5.41, 5.74) is 0. The molecule has 0 amide bonds. The minimum Gasteiger partial charge on any atom is -0.264 e. The van der Waals surface area contributed by atoms with E-state index in [1.54, 1.807) is 0 Å². The molecule has 0 saturated heterocycles. The maximum Gasteiger partial charge on any atom is 0.397 e. The SMILES string of the molecule is CCCCCCCCCCCCCCCCCCCCCCCCCCCCCCCCCCCCCCCCCCCCOS(=O)(=O)O. The highest BCUT2D eigenvalue weighted by atomic mass is 32.3. The molecule has 0 saturated carbocycles. The first kappa shape index (κ1) is 48.9. The quantitative estimate of drug-likeness (QED) is 0.0504. The molecule has 0 radical (unpaired) electrons. The summed E-state index contributed by atoms with van der Waals surface area (Å²) in [4.78, 5) is 0. The highest BCUT2D eigenvalue weighted by Gasteiger charge is 2.03. The smallest absolute Gasteiger partial charge is 0.264 e. The van der Waals surface area contributed by atoms with E-state index in [0.717, 1.165) is 12.8 Å². The fourth-order valence-corrected chi connectivity index (χ4v) is 7.74. The van der Waals surface area contributed by atoms with Crippen molar-refractivity contribution in [2.75, 3.05) is 6.61 Å². The molecule has 0 fully saturated rings. The Balaban J connectivity index is 3.06. The highest BCUT2D eigenvalue weighted by Crippen LogP contribution is 2.18. The maximum absolute atomic E-state index is 10.5. The maximum atomic E-state index is 10.5. The molecule has 0 aliphatic heterocycles. The van der Waals surface area contributed by atoms with Crippen LogP contribution in [0, 0.1) is 0 Å². The van der Waals surface area contributed by atoms with Crippen LogP contribution in [0.2, 0.25) is 0 Å². The average molecular weight is 715 g/mol. The van der Waals surface area contributed by atoms with E-state index in [9.17, 15) is 8.42 Å². The van der Waals surface area contributed by atoms with Gasteiger partial charge < -0.3 is 0 Å².